The van der Waals surface area contributed by atoms with Crippen molar-refractivity contribution >= 4 is 12.1 Å². The molecule has 0 radical (unpaired) electrons. The van der Waals surface area contributed by atoms with Crippen LogP contribution in [0.3, 0.4) is 0 Å². The van der Waals surface area contributed by atoms with E-state index >= 15 is 0 Å². The summed E-state index contributed by atoms with van der Waals surface area (Å²) in [5, 5.41) is 2.92. The summed E-state index contributed by atoms with van der Waals surface area (Å²) in [5.41, 5.74) is 1.61. The first-order valence-corrected chi connectivity index (χ1v) is 15.3. The number of hydrogen-bond acceptors (Lipinski definition) is 10. The summed E-state index contributed by atoms with van der Waals surface area (Å²) in [6, 6.07) is 15.4. The van der Waals surface area contributed by atoms with Crippen LogP contribution in [0.15, 0.2) is 48.5 Å². The highest BCUT2D eigenvalue weighted by molar-refractivity contribution is 5.70. The molecule has 0 bridgehead atoms. The van der Waals surface area contributed by atoms with Crippen molar-refractivity contribution in [3.8, 4) is 5.75 Å². The predicted molar refractivity (Wildman–Crippen MR) is 169 cm³/mol. The highest BCUT2D eigenvalue weighted by Gasteiger charge is 2.27. The third-order valence-corrected chi connectivity index (χ3v) is 6.16. The Hall–Kier alpha value is -3.22. The van der Waals surface area contributed by atoms with E-state index in [4.69, 9.17) is 37.9 Å². The fourth-order valence-electron chi connectivity index (χ4n) is 3.80. The first-order chi connectivity index (χ1) is 21.5. The van der Waals surface area contributed by atoms with Gasteiger partial charge in [0.2, 0.25) is 0 Å². The number of amides is 1. The zero-order chi connectivity index (χ0) is 33.0. The van der Waals surface area contributed by atoms with Gasteiger partial charge >= 0.3 is 12.1 Å². The third kappa shape index (κ3) is 17.8. The fraction of sp³-hybridized carbons (Fsp3) is 0.588. The van der Waals surface area contributed by atoms with E-state index in [2.05, 4.69) is 5.32 Å². The Labute approximate surface area is 267 Å². The Balaban J connectivity index is 1.42. The Morgan fingerprint density at radius 1 is 0.689 bits per heavy atom. The van der Waals surface area contributed by atoms with E-state index < -0.39 is 23.2 Å². The number of benzene rings is 2. The average molecular weight is 634 g/mol. The minimum Gasteiger partial charge on any atom is -0.491 e. The van der Waals surface area contributed by atoms with Crippen LogP contribution < -0.4 is 10.1 Å². The Bertz CT molecular complexity index is 1120. The van der Waals surface area contributed by atoms with Gasteiger partial charge in [-0.2, -0.15) is 0 Å². The monoisotopic (exact) mass is 633 g/mol. The van der Waals surface area contributed by atoms with Crippen molar-refractivity contribution in [2.45, 2.75) is 59.3 Å². The van der Waals surface area contributed by atoms with Crippen LogP contribution in [0.1, 0.15) is 51.3 Å². The molecule has 2 aromatic rings. The maximum absolute atomic E-state index is 12.3. The molecule has 252 valence electrons. The largest absolute Gasteiger partial charge is 0.491 e. The quantitative estimate of drug-likeness (QED) is 0.141. The first-order valence-electron chi connectivity index (χ1n) is 15.3. The molecule has 0 aromatic heterocycles. The highest BCUT2D eigenvalue weighted by Crippen LogP contribution is 2.27. The summed E-state index contributed by atoms with van der Waals surface area (Å²) < 4.78 is 43.8. The van der Waals surface area contributed by atoms with Gasteiger partial charge in [-0.05, 0) is 64.3 Å². The molecule has 0 unspecified atom stereocenters. The van der Waals surface area contributed by atoms with Gasteiger partial charge in [0.05, 0.1) is 65.0 Å². The molecule has 1 amide bonds. The van der Waals surface area contributed by atoms with Gasteiger partial charge in [0, 0.05) is 0 Å². The second-order valence-electron chi connectivity index (χ2n) is 11.7. The molecule has 0 aliphatic heterocycles. The van der Waals surface area contributed by atoms with Crippen LogP contribution in [0.4, 0.5) is 4.79 Å². The number of carbonyl (C=O) groups excluding carboxylic acids is 2. The molecule has 2 rings (SSSR count). The van der Waals surface area contributed by atoms with Crippen molar-refractivity contribution in [3.05, 3.63) is 65.2 Å². The summed E-state index contributed by atoms with van der Waals surface area (Å²) in [6.07, 6.45) is -0.471. The van der Waals surface area contributed by atoms with Crippen molar-refractivity contribution in [2.75, 3.05) is 72.7 Å². The minimum atomic E-state index is -0.643. The van der Waals surface area contributed by atoms with Gasteiger partial charge in [-0.1, -0.05) is 42.5 Å². The van der Waals surface area contributed by atoms with Gasteiger partial charge in [0.15, 0.2) is 0 Å². The number of alkyl carbamates (subject to hydrolysis) is 1. The van der Waals surface area contributed by atoms with Crippen LogP contribution in [0, 0.1) is 6.92 Å². The van der Waals surface area contributed by atoms with Crippen LogP contribution in [0.2, 0.25) is 0 Å². The second kappa shape index (κ2) is 20.7. The minimum absolute atomic E-state index is 0.108. The Morgan fingerprint density at radius 2 is 1.22 bits per heavy atom. The molecule has 1 N–H and O–H groups in total. The number of hydrogen-bond donors (Lipinski definition) is 1. The zero-order valence-corrected chi connectivity index (χ0v) is 27.7. The number of aryl methyl sites for hydroxylation is 1. The summed E-state index contributed by atoms with van der Waals surface area (Å²) in [4.78, 5) is 24.0. The lowest BCUT2D eigenvalue weighted by Gasteiger charge is -2.29. The Morgan fingerprint density at radius 3 is 1.78 bits per heavy atom. The van der Waals surface area contributed by atoms with E-state index in [0.29, 0.717) is 66.1 Å². The van der Waals surface area contributed by atoms with Crippen LogP contribution in [0.5, 0.6) is 5.75 Å². The maximum Gasteiger partial charge on any atom is 0.408 e. The lowest BCUT2D eigenvalue weighted by atomic mass is 9.93. The molecular formula is C34H51NO10. The van der Waals surface area contributed by atoms with Gasteiger partial charge < -0.3 is 43.2 Å². The third-order valence-electron chi connectivity index (χ3n) is 6.16. The van der Waals surface area contributed by atoms with Crippen molar-refractivity contribution < 1.29 is 47.5 Å². The van der Waals surface area contributed by atoms with E-state index in [0.717, 1.165) is 22.4 Å². The average Bonchev–Trinajstić information content (AvgIpc) is 2.97. The molecule has 45 heavy (non-hydrogen) atoms. The normalized spacial score (nSPS) is 11.7. The molecular weight excluding hydrogens is 582 g/mol. The molecule has 0 aliphatic carbocycles. The zero-order valence-electron chi connectivity index (χ0n) is 27.7. The van der Waals surface area contributed by atoms with Gasteiger partial charge in [0.25, 0.3) is 0 Å². The molecule has 0 saturated heterocycles. The number of carbonyl (C=O) groups is 2. The number of rotatable bonds is 22. The SMILES string of the molecule is Cc1ccc(C(C)(C)NC(=O)OC(C)(C)C)cc1OCCOCCOCCOCCOCCOCC(=O)OCc1ccccc1. The van der Waals surface area contributed by atoms with Crippen LogP contribution in [-0.4, -0.2) is 90.3 Å². The van der Waals surface area contributed by atoms with Gasteiger partial charge in [-0.15, -0.1) is 0 Å². The van der Waals surface area contributed by atoms with Crippen molar-refractivity contribution in [1.82, 2.24) is 5.32 Å². The predicted octanol–water partition coefficient (Wildman–Crippen LogP) is 4.96. The summed E-state index contributed by atoms with van der Waals surface area (Å²) in [7, 11) is 0. The van der Waals surface area contributed by atoms with Gasteiger partial charge in [-0.3, -0.25) is 0 Å². The van der Waals surface area contributed by atoms with Gasteiger partial charge in [0.1, 0.15) is 31.2 Å². The number of esters is 1. The maximum atomic E-state index is 12.3. The van der Waals surface area contributed by atoms with Gasteiger partial charge in [-0.25, -0.2) is 9.59 Å². The van der Waals surface area contributed by atoms with E-state index in [1.54, 1.807) is 0 Å². The van der Waals surface area contributed by atoms with E-state index in [1.807, 2.05) is 90.1 Å². The van der Waals surface area contributed by atoms with Crippen LogP contribution in [0.25, 0.3) is 0 Å². The fourth-order valence-corrected chi connectivity index (χ4v) is 3.80. The van der Waals surface area contributed by atoms with E-state index in [-0.39, 0.29) is 13.2 Å². The van der Waals surface area contributed by atoms with Crippen molar-refractivity contribution in [1.29, 1.82) is 0 Å². The van der Waals surface area contributed by atoms with E-state index in [1.165, 1.54) is 0 Å². The number of nitrogens with one attached hydrogen (secondary N) is 1. The topological polar surface area (TPSA) is 120 Å². The van der Waals surface area contributed by atoms with E-state index in [9.17, 15) is 9.59 Å². The molecule has 0 fully saturated rings. The molecule has 0 atom stereocenters. The van der Waals surface area contributed by atoms with Crippen LogP contribution >= 0.6 is 0 Å². The molecule has 11 nitrogen and oxygen atoms in total. The molecule has 2 aromatic carbocycles. The highest BCUT2D eigenvalue weighted by atomic mass is 16.6. The Kier molecular flexibility index (Phi) is 17.5. The smallest absolute Gasteiger partial charge is 0.408 e. The first kappa shape index (κ1) is 38.0. The molecule has 0 aliphatic rings. The molecule has 0 heterocycles. The van der Waals surface area contributed by atoms with Crippen molar-refractivity contribution in [2.24, 2.45) is 0 Å². The van der Waals surface area contributed by atoms with Crippen LogP contribution in [-0.2, 0) is 50.1 Å². The lowest BCUT2D eigenvalue weighted by molar-refractivity contribution is -0.150. The number of ether oxygens (including phenoxy) is 8. The summed E-state index contributed by atoms with van der Waals surface area (Å²) in [6.45, 7) is 15.5. The molecule has 0 spiro atoms. The van der Waals surface area contributed by atoms with Crippen molar-refractivity contribution in [3.63, 3.8) is 0 Å². The molecule has 11 heteroatoms. The lowest BCUT2D eigenvalue weighted by Crippen LogP contribution is -2.43. The molecule has 0 saturated carbocycles. The second-order valence-corrected chi connectivity index (χ2v) is 11.7. The standard InChI is InChI=1S/C34H51NO10/c1-27-12-13-29(34(5,6)35-32(37)45-33(2,3)4)24-30(27)43-23-22-41-19-18-39-15-14-38-16-17-40-20-21-42-26-31(36)44-25-28-10-8-7-9-11-28/h7-13,24H,14-23,25-26H2,1-6H3,(H,35,37). The summed E-state index contributed by atoms with van der Waals surface area (Å²) >= 11 is 0. The summed E-state index contributed by atoms with van der Waals surface area (Å²) in [5.74, 6) is 0.327.